The molecule has 0 heterocycles. The van der Waals surface area contributed by atoms with Crippen LogP contribution >= 0.6 is 12.9 Å². The lowest BCUT2D eigenvalue weighted by molar-refractivity contribution is 0.508. The summed E-state index contributed by atoms with van der Waals surface area (Å²) in [6.45, 7) is 3.92. The summed E-state index contributed by atoms with van der Waals surface area (Å²) in [6.07, 6.45) is 2.97. The Balaban J connectivity index is 3.29. The molecule has 1 nitrogen and oxygen atoms in total. The zero-order valence-electron chi connectivity index (χ0n) is 4.64. The second kappa shape index (κ2) is 4.06. The third-order valence-corrected chi connectivity index (χ3v) is 0.924. The predicted molar refractivity (Wildman–Crippen MR) is 34.1 cm³/mol. The minimum Gasteiger partial charge on any atom is -0.434 e. The van der Waals surface area contributed by atoms with Gasteiger partial charge in [-0.2, -0.15) is 0 Å². The van der Waals surface area contributed by atoms with Gasteiger partial charge >= 0.3 is 0 Å². The van der Waals surface area contributed by atoms with Crippen molar-refractivity contribution in [3.63, 3.8) is 0 Å². The van der Waals surface area contributed by atoms with Gasteiger partial charge in [-0.25, -0.2) is 0 Å². The molecule has 0 aromatic carbocycles. The fourth-order valence-electron chi connectivity index (χ4n) is 0.325. The molecule has 0 N–H and O–H groups in total. The first-order chi connectivity index (χ1) is 3.31. The molecule has 7 heavy (non-hydrogen) atoms. The maximum Gasteiger partial charge on any atom is 0.107 e. The first-order valence-electron chi connectivity index (χ1n) is 2.29. The van der Waals surface area contributed by atoms with E-state index in [4.69, 9.17) is 0 Å². The van der Waals surface area contributed by atoms with Gasteiger partial charge in [-0.05, 0) is 19.4 Å². The fraction of sp³-hybridized carbons (Fsp3) is 0.600. The summed E-state index contributed by atoms with van der Waals surface area (Å²) in [5, 5.41) is 0. The van der Waals surface area contributed by atoms with Gasteiger partial charge in [-0.3, -0.25) is 0 Å². The zero-order valence-corrected chi connectivity index (χ0v) is 5.53. The molecule has 0 radical (unpaired) electrons. The Hall–Kier alpha value is -0.110. The van der Waals surface area contributed by atoms with Crippen LogP contribution in [0.2, 0.25) is 0 Å². The lowest BCUT2D eigenvalue weighted by atomic mass is 10.4. The Kier molecular flexibility index (Phi) is 4.00. The van der Waals surface area contributed by atoms with E-state index in [1.165, 1.54) is 0 Å². The number of allylic oxidation sites excluding steroid dienone is 2. The largest absolute Gasteiger partial charge is 0.434 e. The quantitative estimate of drug-likeness (QED) is 0.332. The normalized spacial score (nSPS) is 11.6. The molecule has 0 aliphatic rings. The maximum absolute atomic E-state index is 4.55. The van der Waals surface area contributed by atoms with Crippen LogP contribution in [0.15, 0.2) is 11.8 Å². The maximum atomic E-state index is 4.55. The molecule has 0 rings (SSSR count). The van der Waals surface area contributed by atoms with Crippen molar-refractivity contribution in [1.82, 2.24) is 0 Å². The van der Waals surface area contributed by atoms with Gasteiger partial charge < -0.3 is 4.18 Å². The van der Waals surface area contributed by atoms with Crippen LogP contribution in [-0.4, -0.2) is 0 Å². The van der Waals surface area contributed by atoms with Gasteiger partial charge in [0, 0.05) is 12.9 Å². The van der Waals surface area contributed by atoms with E-state index in [1.807, 2.05) is 13.0 Å². The highest BCUT2D eigenvalue weighted by Crippen LogP contribution is 1.97. The van der Waals surface area contributed by atoms with Gasteiger partial charge in [0.25, 0.3) is 0 Å². The summed E-state index contributed by atoms with van der Waals surface area (Å²) in [7, 11) is 0. The van der Waals surface area contributed by atoms with Crippen LogP contribution in [0.3, 0.4) is 0 Å². The van der Waals surface area contributed by atoms with Crippen molar-refractivity contribution in [1.29, 1.82) is 0 Å². The second-order valence-electron chi connectivity index (χ2n) is 1.31. The van der Waals surface area contributed by atoms with Crippen LogP contribution in [-0.2, 0) is 4.18 Å². The Morgan fingerprint density at radius 2 is 2.43 bits per heavy atom. The van der Waals surface area contributed by atoms with E-state index in [0.29, 0.717) is 0 Å². The topological polar surface area (TPSA) is 9.23 Å². The minimum atomic E-state index is 0.867. The molecule has 0 spiro atoms. The van der Waals surface area contributed by atoms with Gasteiger partial charge in [-0.1, -0.05) is 6.92 Å². The average Bonchev–Trinajstić information content (AvgIpc) is 1.68. The van der Waals surface area contributed by atoms with Crippen molar-refractivity contribution in [3.8, 4) is 0 Å². The second-order valence-corrected chi connectivity index (χ2v) is 1.50. The Morgan fingerprint density at radius 1 is 1.86 bits per heavy atom. The molecule has 0 bridgehead atoms. The standard InChI is InChI=1S/C5H10OS/c1-3-4-5(2)6-7/h4,7H,3H2,1-2H3/b5-4+. The third kappa shape index (κ3) is 3.73. The molecule has 0 aliphatic carbocycles. The lowest BCUT2D eigenvalue weighted by Crippen LogP contribution is -1.69. The Labute approximate surface area is 50.0 Å². The van der Waals surface area contributed by atoms with E-state index in [2.05, 4.69) is 24.0 Å². The molecule has 0 amide bonds. The molecular formula is C5H10OS. The van der Waals surface area contributed by atoms with Crippen molar-refractivity contribution < 1.29 is 4.18 Å². The van der Waals surface area contributed by atoms with E-state index >= 15 is 0 Å². The molecule has 0 fully saturated rings. The van der Waals surface area contributed by atoms with E-state index in [0.717, 1.165) is 12.2 Å². The van der Waals surface area contributed by atoms with Gasteiger partial charge in [0.15, 0.2) is 0 Å². The highest BCUT2D eigenvalue weighted by molar-refractivity contribution is 7.75. The summed E-state index contributed by atoms with van der Waals surface area (Å²) in [5.74, 6) is 0.867. The molecule has 0 unspecified atom stereocenters. The number of hydrogen-bond donors (Lipinski definition) is 1. The molecular weight excluding hydrogens is 108 g/mol. The van der Waals surface area contributed by atoms with E-state index in [-0.39, 0.29) is 0 Å². The number of rotatable bonds is 2. The van der Waals surface area contributed by atoms with Crippen molar-refractivity contribution in [3.05, 3.63) is 11.8 Å². The van der Waals surface area contributed by atoms with Gasteiger partial charge in [-0.15, -0.1) is 0 Å². The number of thiol groups is 1. The van der Waals surface area contributed by atoms with Crippen LogP contribution in [0.4, 0.5) is 0 Å². The summed E-state index contributed by atoms with van der Waals surface area (Å²) >= 11 is 3.58. The fourth-order valence-corrected chi connectivity index (χ4v) is 0.399. The lowest BCUT2D eigenvalue weighted by Gasteiger charge is -1.91. The van der Waals surface area contributed by atoms with E-state index in [9.17, 15) is 0 Å². The van der Waals surface area contributed by atoms with Crippen LogP contribution in [0.25, 0.3) is 0 Å². The predicted octanol–water partition coefficient (Wildman–Crippen LogP) is 2.16. The van der Waals surface area contributed by atoms with E-state index in [1.54, 1.807) is 0 Å². The van der Waals surface area contributed by atoms with Crippen molar-refractivity contribution in [2.75, 3.05) is 0 Å². The average molecular weight is 118 g/mol. The molecule has 0 aromatic rings. The summed E-state index contributed by atoms with van der Waals surface area (Å²) in [4.78, 5) is 0. The molecule has 2 heteroatoms. The zero-order chi connectivity index (χ0) is 5.70. The molecule has 42 valence electrons. The van der Waals surface area contributed by atoms with E-state index < -0.39 is 0 Å². The SMILES string of the molecule is CC/C=C(\C)OS. The van der Waals surface area contributed by atoms with Crippen LogP contribution in [0.5, 0.6) is 0 Å². The van der Waals surface area contributed by atoms with Gasteiger partial charge in [0.05, 0.1) is 0 Å². The van der Waals surface area contributed by atoms with Crippen molar-refractivity contribution in [2.24, 2.45) is 0 Å². The van der Waals surface area contributed by atoms with Gasteiger partial charge in [0.1, 0.15) is 5.76 Å². The van der Waals surface area contributed by atoms with Crippen LogP contribution < -0.4 is 0 Å². The smallest absolute Gasteiger partial charge is 0.107 e. The summed E-state index contributed by atoms with van der Waals surface area (Å²) in [5.41, 5.74) is 0. The first-order valence-corrected chi connectivity index (χ1v) is 2.66. The third-order valence-electron chi connectivity index (χ3n) is 0.636. The Bertz CT molecular complexity index is 68.5. The number of hydrogen-bond acceptors (Lipinski definition) is 2. The molecule has 0 aromatic heterocycles. The summed E-state index contributed by atoms with van der Waals surface area (Å²) in [6, 6.07) is 0. The highest BCUT2D eigenvalue weighted by Gasteiger charge is 1.77. The van der Waals surface area contributed by atoms with Crippen LogP contribution in [0, 0.1) is 0 Å². The van der Waals surface area contributed by atoms with Crippen molar-refractivity contribution in [2.45, 2.75) is 20.3 Å². The molecule has 0 saturated carbocycles. The Morgan fingerprint density at radius 3 is 2.57 bits per heavy atom. The highest BCUT2D eigenvalue weighted by atomic mass is 32.1. The summed E-state index contributed by atoms with van der Waals surface area (Å²) < 4.78 is 4.55. The van der Waals surface area contributed by atoms with Crippen molar-refractivity contribution >= 4 is 12.9 Å². The first kappa shape index (κ1) is 6.89. The monoisotopic (exact) mass is 118 g/mol. The molecule has 0 aliphatic heterocycles. The van der Waals surface area contributed by atoms with Crippen LogP contribution in [0.1, 0.15) is 20.3 Å². The molecule has 0 atom stereocenters. The van der Waals surface area contributed by atoms with Gasteiger partial charge in [0.2, 0.25) is 0 Å². The molecule has 0 saturated heterocycles. The minimum absolute atomic E-state index is 0.867.